The zero-order valence-corrected chi connectivity index (χ0v) is 14.5. The van der Waals surface area contributed by atoms with Gasteiger partial charge in [0.1, 0.15) is 4.88 Å². The van der Waals surface area contributed by atoms with Gasteiger partial charge in [-0.15, -0.1) is 11.3 Å². The van der Waals surface area contributed by atoms with Gasteiger partial charge in [0.25, 0.3) is 5.91 Å². The highest BCUT2D eigenvalue weighted by Crippen LogP contribution is 2.34. The molecular weight excluding hydrogens is 342 g/mol. The Bertz CT molecular complexity index is 690. The number of benzene rings is 1. The van der Waals surface area contributed by atoms with Crippen molar-refractivity contribution in [2.45, 2.75) is 13.0 Å². The van der Waals surface area contributed by atoms with Crippen LogP contribution in [0.1, 0.15) is 16.6 Å². The number of hydrogen-bond donors (Lipinski definition) is 3. The molecule has 2 aromatic rings. The summed E-state index contributed by atoms with van der Waals surface area (Å²) in [7, 11) is 1.61. The summed E-state index contributed by atoms with van der Waals surface area (Å²) in [4.78, 5) is 12.6. The summed E-state index contributed by atoms with van der Waals surface area (Å²) < 4.78 is 5.96. The first kappa shape index (κ1) is 17.0. The number of hydrazine groups is 1. The molecule has 0 saturated heterocycles. The lowest BCUT2D eigenvalue weighted by molar-refractivity contribution is 0.0947. The number of amides is 1. The Morgan fingerprint density at radius 1 is 1.41 bits per heavy atom. The number of hydrogen-bond acceptors (Lipinski definition) is 4. The maximum atomic E-state index is 12.2. The average Bonchev–Trinajstić information content (AvgIpc) is 2.83. The summed E-state index contributed by atoms with van der Waals surface area (Å²) in [5, 5.41) is 4.61. The van der Waals surface area contributed by atoms with E-state index in [0.29, 0.717) is 21.6 Å². The van der Waals surface area contributed by atoms with Gasteiger partial charge in [0.15, 0.2) is 5.11 Å². The second-order valence-corrected chi connectivity index (χ2v) is 6.49. The van der Waals surface area contributed by atoms with Crippen LogP contribution in [-0.2, 0) is 4.74 Å². The molecule has 22 heavy (non-hydrogen) atoms. The van der Waals surface area contributed by atoms with E-state index in [1.807, 2.05) is 31.2 Å². The zero-order chi connectivity index (χ0) is 16.1. The lowest BCUT2D eigenvalue weighted by atomic mass is 10.2. The van der Waals surface area contributed by atoms with Gasteiger partial charge >= 0.3 is 0 Å². The number of carbonyl (C=O) groups excluding carboxylic acids is 1. The summed E-state index contributed by atoms with van der Waals surface area (Å²) in [6, 6.07) is 7.64. The quantitative estimate of drug-likeness (QED) is 0.580. The van der Waals surface area contributed by atoms with E-state index in [1.54, 1.807) is 7.11 Å². The lowest BCUT2D eigenvalue weighted by Gasteiger charge is -2.16. The molecular formula is C14H16ClN3O2S2. The number of halogens is 1. The summed E-state index contributed by atoms with van der Waals surface area (Å²) in [5.74, 6) is -0.324. The molecule has 1 atom stereocenters. The first-order valence-corrected chi connectivity index (χ1v) is 8.16. The fraction of sp³-hybridized carbons (Fsp3) is 0.286. The predicted molar refractivity (Wildman–Crippen MR) is 94.5 cm³/mol. The van der Waals surface area contributed by atoms with E-state index in [1.165, 1.54) is 11.3 Å². The molecule has 0 radical (unpaired) electrons. The molecule has 0 fully saturated rings. The summed E-state index contributed by atoms with van der Waals surface area (Å²) in [6.45, 7) is 2.43. The zero-order valence-electron chi connectivity index (χ0n) is 12.1. The van der Waals surface area contributed by atoms with Crippen LogP contribution >= 0.6 is 35.2 Å². The normalized spacial score (nSPS) is 12.0. The summed E-state index contributed by atoms with van der Waals surface area (Å²) >= 11 is 12.7. The number of methoxy groups -OCH3 is 1. The number of ether oxygens (including phenoxy) is 1. The van der Waals surface area contributed by atoms with Crippen molar-refractivity contribution in [1.82, 2.24) is 16.2 Å². The number of carbonyl (C=O) groups is 1. The van der Waals surface area contributed by atoms with Gasteiger partial charge in [-0.05, 0) is 25.2 Å². The Balaban J connectivity index is 1.97. The molecule has 0 aliphatic rings. The molecule has 118 valence electrons. The Labute approximate surface area is 142 Å². The lowest BCUT2D eigenvalue weighted by Crippen LogP contribution is -2.49. The third kappa shape index (κ3) is 4.07. The minimum absolute atomic E-state index is 0.0369. The van der Waals surface area contributed by atoms with Gasteiger partial charge in [-0.2, -0.15) is 0 Å². The molecule has 0 bridgehead atoms. The van der Waals surface area contributed by atoms with E-state index in [2.05, 4.69) is 16.2 Å². The van der Waals surface area contributed by atoms with Crippen molar-refractivity contribution in [3.8, 4) is 0 Å². The standard InChI is InChI=1S/C14H16ClN3O2S2/c1-8(7-20-2)16-14(21)18-17-13(19)12-11(15)9-5-3-4-6-10(9)22-12/h3-6,8H,7H2,1-2H3,(H,17,19)(H2,16,18,21). The molecule has 0 aliphatic carbocycles. The molecule has 1 heterocycles. The van der Waals surface area contributed by atoms with Crippen LogP contribution in [-0.4, -0.2) is 30.8 Å². The smallest absolute Gasteiger partial charge is 0.281 e. The van der Waals surface area contributed by atoms with Gasteiger partial charge in [0.2, 0.25) is 0 Å². The third-order valence-corrected chi connectivity index (χ3v) is 4.72. The minimum atomic E-state index is -0.324. The third-order valence-electron chi connectivity index (χ3n) is 2.82. The van der Waals surface area contributed by atoms with Crippen molar-refractivity contribution in [1.29, 1.82) is 0 Å². The number of nitrogens with one attached hydrogen (secondary N) is 3. The van der Waals surface area contributed by atoms with Crippen LogP contribution in [0.2, 0.25) is 5.02 Å². The molecule has 0 aliphatic heterocycles. The number of thiocarbonyl (C=S) groups is 1. The Kier molecular flexibility index (Phi) is 5.96. The largest absolute Gasteiger partial charge is 0.383 e. The minimum Gasteiger partial charge on any atom is -0.383 e. The van der Waals surface area contributed by atoms with E-state index in [0.717, 1.165) is 10.1 Å². The van der Waals surface area contributed by atoms with Crippen LogP contribution in [0.5, 0.6) is 0 Å². The van der Waals surface area contributed by atoms with Crippen molar-refractivity contribution in [3.05, 3.63) is 34.2 Å². The van der Waals surface area contributed by atoms with Crippen molar-refractivity contribution in [3.63, 3.8) is 0 Å². The molecule has 0 spiro atoms. The highest BCUT2D eigenvalue weighted by molar-refractivity contribution is 7.80. The highest BCUT2D eigenvalue weighted by Gasteiger charge is 2.17. The maximum Gasteiger partial charge on any atom is 0.281 e. The van der Waals surface area contributed by atoms with Gasteiger partial charge in [0, 0.05) is 23.2 Å². The van der Waals surface area contributed by atoms with Gasteiger partial charge in [0.05, 0.1) is 11.6 Å². The van der Waals surface area contributed by atoms with E-state index in [9.17, 15) is 4.79 Å². The summed E-state index contributed by atoms with van der Waals surface area (Å²) in [5.41, 5.74) is 5.20. The van der Waals surface area contributed by atoms with Crippen LogP contribution in [0.3, 0.4) is 0 Å². The average molecular weight is 358 g/mol. The number of fused-ring (bicyclic) bond motifs is 1. The van der Waals surface area contributed by atoms with Crippen LogP contribution in [0.4, 0.5) is 0 Å². The molecule has 5 nitrogen and oxygen atoms in total. The Hall–Kier alpha value is -1.41. The molecule has 1 amide bonds. The van der Waals surface area contributed by atoms with E-state index >= 15 is 0 Å². The molecule has 3 N–H and O–H groups in total. The van der Waals surface area contributed by atoms with E-state index < -0.39 is 0 Å². The van der Waals surface area contributed by atoms with Gasteiger partial charge in [-0.25, -0.2) is 0 Å². The van der Waals surface area contributed by atoms with Crippen molar-refractivity contribution in [2.24, 2.45) is 0 Å². The predicted octanol–water partition coefficient (Wildman–Crippen LogP) is 2.70. The molecule has 2 rings (SSSR count). The van der Waals surface area contributed by atoms with Crippen molar-refractivity contribution >= 4 is 56.3 Å². The SMILES string of the molecule is COCC(C)NC(=S)NNC(=O)c1sc2ccccc2c1Cl. The number of rotatable bonds is 4. The second kappa shape index (κ2) is 7.73. The summed E-state index contributed by atoms with van der Waals surface area (Å²) in [6.07, 6.45) is 0. The van der Waals surface area contributed by atoms with Gasteiger partial charge in [-0.3, -0.25) is 15.6 Å². The topological polar surface area (TPSA) is 62.4 Å². The molecule has 1 aromatic carbocycles. The monoisotopic (exact) mass is 357 g/mol. The van der Waals surface area contributed by atoms with Crippen molar-refractivity contribution < 1.29 is 9.53 Å². The molecule has 1 unspecified atom stereocenters. The van der Waals surface area contributed by atoms with Crippen LogP contribution in [0.15, 0.2) is 24.3 Å². The van der Waals surface area contributed by atoms with Gasteiger partial charge in [-0.1, -0.05) is 29.8 Å². The van der Waals surface area contributed by atoms with Crippen molar-refractivity contribution in [2.75, 3.05) is 13.7 Å². The molecule has 1 aromatic heterocycles. The highest BCUT2D eigenvalue weighted by atomic mass is 35.5. The first-order chi connectivity index (χ1) is 10.5. The maximum absolute atomic E-state index is 12.2. The Morgan fingerprint density at radius 2 is 2.14 bits per heavy atom. The van der Waals surface area contributed by atoms with E-state index in [-0.39, 0.29) is 11.9 Å². The van der Waals surface area contributed by atoms with Crippen LogP contribution in [0.25, 0.3) is 10.1 Å². The Morgan fingerprint density at radius 3 is 2.82 bits per heavy atom. The fourth-order valence-corrected chi connectivity index (χ4v) is 3.55. The second-order valence-electron chi connectivity index (χ2n) is 4.65. The fourth-order valence-electron chi connectivity index (χ4n) is 1.88. The molecule has 8 heteroatoms. The molecule has 0 saturated carbocycles. The van der Waals surface area contributed by atoms with Crippen LogP contribution in [0, 0.1) is 0 Å². The van der Waals surface area contributed by atoms with Gasteiger partial charge < -0.3 is 10.1 Å². The first-order valence-electron chi connectivity index (χ1n) is 6.55. The van der Waals surface area contributed by atoms with E-state index in [4.69, 9.17) is 28.6 Å². The van der Waals surface area contributed by atoms with Crippen LogP contribution < -0.4 is 16.2 Å². The number of thiophene rings is 1.